The van der Waals surface area contributed by atoms with Crippen LogP contribution in [0.1, 0.15) is 49.7 Å². The molecule has 0 aromatic carbocycles. The van der Waals surface area contributed by atoms with Gasteiger partial charge in [0, 0.05) is 37.1 Å². The van der Waals surface area contributed by atoms with Crippen LogP contribution in [0, 0.1) is 6.92 Å². The topological polar surface area (TPSA) is 28.5 Å². The van der Waals surface area contributed by atoms with Crippen LogP contribution < -0.4 is 4.90 Å². The smallest absolute Gasteiger partial charge is 0.128 e. The molecule has 1 aromatic heterocycles. The standard InChI is InChI=1S/C16H23N3/c1-13-11-16(19-9-5-2-6-10-19)18-12-14(13)15-7-3-4-8-17-15/h11-12H,2-10H2,1H3. The van der Waals surface area contributed by atoms with Crippen LogP contribution in [0.5, 0.6) is 0 Å². The van der Waals surface area contributed by atoms with E-state index in [0.717, 1.165) is 31.9 Å². The molecule has 0 N–H and O–H groups in total. The number of aliphatic imine (C=N–C) groups is 1. The van der Waals surface area contributed by atoms with Crippen molar-refractivity contribution >= 4 is 11.5 Å². The van der Waals surface area contributed by atoms with Crippen LogP contribution >= 0.6 is 0 Å². The zero-order valence-corrected chi connectivity index (χ0v) is 11.9. The number of pyridine rings is 1. The fraction of sp³-hybridized carbons (Fsp3) is 0.625. The van der Waals surface area contributed by atoms with Crippen molar-refractivity contribution in [1.82, 2.24) is 4.98 Å². The second-order valence-corrected chi connectivity index (χ2v) is 5.69. The summed E-state index contributed by atoms with van der Waals surface area (Å²) in [5.74, 6) is 1.15. The Morgan fingerprint density at radius 1 is 1.05 bits per heavy atom. The fourth-order valence-corrected chi connectivity index (χ4v) is 3.06. The van der Waals surface area contributed by atoms with E-state index in [-0.39, 0.29) is 0 Å². The highest BCUT2D eigenvalue weighted by Crippen LogP contribution is 2.22. The molecule has 0 radical (unpaired) electrons. The van der Waals surface area contributed by atoms with Gasteiger partial charge in [-0.25, -0.2) is 4.98 Å². The van der Waals surface area contributed by atoms with Crippen molar-refractivity contribution in [2.45, 2.75) is 45.4 Å². The first-order valence-electron chi connectivity index (χ1n) is 7.60. The number of anilines is 1. The zero-order chi connectivity index (χ0) is 13.1. The Hall–Kier alpha value is -1.38. The predicted octanol–water partition coefficient (Wildman–Crippen LogP) is 3.35. The first-order valence-corrected chi connectivity index (χ1v) is 7.60. The summed E-state index contributed by atoms with van der Waals surface area (Å²) in [5, 5.41) is 0. The van der Waals surface area contributed by atoms with Gasteiger partial charge in [0.2, 0.25) is 0 Å². The summed E-state index contributed by atoms with van der Waals surface area (Å²) in [6.45, 7) is 5.50. The summed E-state index contributed by atoms with van der Waals surface area (Å²) in [7, 11) is 0. The lowest BCUT2D eigenvalue weighted by molar-refractivity contribution is 0.573. The third kappa shape index (κ3) is 2.80. The molecule has 0 spiro atoms. The predicted molar refractivity (Wildman–Crippen MR) is 80.3 cm³/mol. The van der Waals surface area contributed by atoms with E-state index < -0.39 is 0 Å². The molecule has 1 saturated heterocycles. The van der Waals surface area contributed by atoms with Crippen molar-refractivity contribution in [3.8, 4) is 0 Å². The summed E-state index contributed by atoms with van der Waals surface area (Å²) in [6, 6.07) is 2.25. The van der Waals surface area contributed by atoms with Crippen LogP contribution in [0.15, 0.2) is 17.3 Å². The Balaban J connectivity index is 1.82. The highest BCUT2D eigenvalue weighted by Gasteiger charge is 2.15. The van der Waals surface area contributed by atoms with E-state index in [4.69, 9.17) is 0 Å². The van der Waals surface area contributed by atoms with Gasteiger partial charge in [0.05, 0.1) is 0 Å². The van der Waals surface area contributed by atoms with Crippen LogP contribution in [-0.4, -0.2) is 30.3 Å². The summed E-state index contributed by atoms with van der Waals surface area (Å²) in [6.07, 6.45) is 9.64. The van der Waals surface area contributed by atoms with Crippen LogP contribution in [0.25, 0.3) is 0 Å². The van der Waals surface area contributed by atoms with Gasteiger partial charge in [-0.2, -0.15) is 0 Å². The van der Waals surface area contributed by atoms with Crippen molar-refractivity contribution < 1.29 is 0 Å². The second-order valence-electron chi connectivity index (χ2n) is 5.69. The lowest BCUT2D eigenvalue weighted by atomic mass is 9.99. The van der Waals surface area contributed by atoms with Gasteiger partial charge in [-0.15, -0.1) is 0 Å². The first kappa shape index (κ1) is 12.6. The van der Waals surface area contributed by atoms with Crippen molar-refractivity contribution in [1.29, 1.82) is 0 Å². The largest absolute Gasteiger partial charge is 0.357 e. The molecule has 0 unspecified atom stereocenters. The number of aryl methyl sites for hydroxylation is 1. The number of aromatic nitrogens is 1. The normalized spacial score (nSPS) is 20.3. The summed E-state index contributed by atoms with van der Waals surface area (Å²) >= 11 is 0. The van der Waals surface area contributed by atoms with Crippen molar-refractivity contribution in [3.05, 3.63) is 23.4 Å². The molecule has 2 aliphatic rings. The molecule has 0 bridgehead atoms. The van der Waals surface area contributed by atoms with E-state index in [2.05, 4.69) is 27.9 Å². The Labute approximate surface area is 115 Å². The van der Waals surface area contributed by atoms with Crippen LogP contribution in [0.2, 0.25) is 0 Å². The molecule has 0 saturated carbocycles. The Morgan fingerprint density at radius 3 is 2.58 bits per heavy atom. The molecule has 0 amide bonds. The van der Waals surface area contributed by atoms with Gasteiger partial charge in [0.15, 0.2) is 0 Å². The third-order valence-corrected chi connectivity index (χ3v) is 4.21. The van der Waals surface area contributed by atoms with Crippen molar-refractivity contribution in [2.24, 2.45) is 4.99 Å². The molecular formula is C16H23N3. The Kier molecular flexibility index (Phi) is 3.81. The van der Waals surface area contributed by atoms with Gasteiger partial charge in [0.1, 0.15) is 5.82 Å². The summed E-state index contributed by atoms with van der Waals surface area (Å²) < 4.78 is 0. The van der Waals surface area contributed by atoms with Gasteiger partial charge in [-0.3, -0.25) is 4.99 Å². The van der Waals surface area contributed by atoms with Gasteiger partial charge >= 0.3 is 0 Å². The number of hydrogen-bond acceptors (Lipinski definition) is 3. The average Bonchev–Trinajstić information content (AvgIpc) is 2.49. The van der Waals surface area contributed by atoms with Gasteiger partial charge < -0.3 is 4.90 Å². The monoisotopic (exact) mass is 257 g/mol. The molecule has 1 aromatic rings. The molecular weight excluding hydrogens is 234 g/mol. The van der Waals surface area contributed by atoms with E-state index >= 15 is 0 Å². The minimum atomic E-state index is 0.989. The van der Waals surface area contributed by atoms with E-state index in [0.29, 0.717) is 0 Å². The van der Waals surface area contributed by atoms with Gasteiger partial charge in [0.25, 0.3) is 0 Å². The maximum atomic E-state index is 4.68. The molecule has 3 heteroatoms. The van der Waals surface area contributed by atoms with E-state index in [9.17, 15) is 0 Å². The lowest BCUT2D eigenvalue weighted by Gasteiger charge is -2.28. The minimum Gasteiger partial charge on any atom is -0.357 e. The van der Waals surface area contributed by atoms with E-state index in [1.165, 1.54) is 48.9 Å². The number of nitrogens with zero attached hydrogens (tertiary/aromatic N) is 3. The van der Waals surface area contributed by atoms with Gasteiger partial charge in [-0.1, -0.05) is 0 Å². The van der Waals surface area contributed by atoms with E-state index in [1.54, 1.807) is 0 Å². The molecule has 3 nitrogen and oxygen atoms in total. The lowest BCUT2D eigenvalue weighted by Crippen LogP contribution is -2.30. The molecule has 2 aliphatic heterocycles. The zero-order valence-electron chi connectivity index (χ0n) is 11.9. The SMILES string of the molecule is Cc1cc(N2CCCCC2)ncc1C1=NCCCC1. The van der Waals surface area contributed by atoms with E-state index in [1.807, 2.05) is 6.20 Å². The molecule has 1 fully saturated rings. The summed E-state index contributed by atoms with van der Waals surface area (Å²) in [5.41, 5.74) is 3.86. The Bertz CT molecular complexity index is 473. The van der Waals surface area contributed by atoms with Crippen molar-refractivity contribution in [2.75, 3.05) is 24.5 Å². The van der Waals surface area contributed by atoms with Crippen molar-refractivity contribution in [3.63, 3.8) is 0 Å². The average molecular weight is 257 g/mol. The maximum Gasteiger partial charge on any atom is 0.128 e. The highest BCUT2D eigenvalue weighted by atomic mass is 15.2. The number of piperidine rings is 1. The molecule has 0 aliphatic carbocycles. The second kappa shape index (κ2) is 5.72. The molecule has 3 rings (SSSR count). The molecule has 0 atom stereocenters. The maximum absolute atomic E-state index is 4.68. The molecule has 102 valence electrons. The third-order valence-electron chi connectivity index (χ3n) is 4.21. The van der Waals surface area contributed by atoms with Gasteiger partial charge in [-0.05, 0) is 57.1 Å². The molecule has 19 heavy (non-hydrogen) atoms. The number of hydrogen-bond donors (Lipinski definition) is 0. The van der Waals surface area contributed by atoms with Crippen LogP contribution in [-0.2, 0) is 0 Å². The minimum absolute atomic E-state index is 0.989. The Morgan fingerprint density at radius 2 is 1.89 bits per heavy atom. The van der Waals surface area contributed by atoms with Crippen LogP contribution in [0.3, 0.4) is 0 Å². The fourth-order valence-electron chi connectivity index (χ4n) is 3.06. The van der Waals surface area contributed by atoms with Crippen LogP contribution in [0.4, 0.5) is 5.82 Å². The quantitative estimate of drug-likeness (QED) is 0.813. The highest BCUT2D eigenvalue weighted by molar-refractivity contribution is 6.02. The first-order chi connectivity index (χ1) is 9.34. The number of rotatable bonds is 2. The summed E-state index contributed by atoms with van der Waals surface area (Å²) in [4.78, 5) is 11.8. The molecule has 3 heterocycles.